The maximum Gasteiger partial charge on any atom is 0.331 e. The van der Waals surface area contributed by atoms with Gasteiger partial charge in [0.05, 0.1) is 41.8 Å². The second-order valence-electron chi connectivity index (χ2n) is 15.2. The van der Waals surface area contributed by atoms with Gasteiger partial charge in [-0.2, -0.15) is 0 Å². The highest BCUT2D eigenvalue weighted by Crippen LogP contribution is 2.70. The third kappa shape index (κ3) is 5.10. The zero-order valence-electron chi connectivity index (χ0n) is 27.3. The van der Waals surface area contributed by atoms with Crippen LogP contribution in [0.4, 0.5) is 0 Å². The van der Waals surface area contributed by atoms with E-state index in [1.54, 1.807) is 19.4 Å². The van der Waals surface area contributed by atoms with Crippen molar-refractivity contribution in [2.75, 3.05) is 13.7 Å². The maximum atomic E-state index is 12.8. The van der Waals surface area contributed by atoms with Crippen LogP contribution >= 0.6 is 0 Å². The highest BCUT2D eigenvalue weighted by Gasteiger charge is 2.71. The summed E-state index contributed by atoms with van der Waals surface area (Å²) in [6.07, 6.45) is 9.93. The summed E-state index contributed by atoms with van der Waals surface area (Å²) in [6, 6.07) is 5.81. The number of hydrogen-bond donors (Lipinski definition) is 3. The van der Waals surface area contributed by atoms with Crippen molar-refractivity contribution in [2.24, 2.45) is 33.6 Å². The largest absolute Gasteiger partial charge is 0.458 e. The fourth-order valence-electron chi connectivity index (χ4n) is 10.8. The lowest BCUT2D eigenvalue weighted by Gasteiger charge is -2.66. The second-order valence-corrected chi connectivity index (χ2v) is 15.2. The first-order chi connectivity index (χ1) is 22.0. The van der Waals surface area contributed by atoms with Crippen LogP contribution in [0.1, 0.15) is 83.7 Å². The number of pyridine rings is 1. The van der Waals surface area contributed by atoms with Crippen molar-refractivity contribution in [3.8, 4) is 0 Å². The van der Waals surface area contributed by atoms with Gasteiger partial charge in [-0.25, -0.2) is 4.79 Å². The van der Waals surface area contributed by atoms with Gasteiger partial charge in [0.2, 0.25) is 0 Å². The Labute approximate surface area is 271 Å². The Balaban J connectivity index is 1.17. The molecule has 46 heavy (non-hydrogen) atoms. The van der Waals surface area contributed by atoms with E-state index in [4.69, 9.17) is 23.9 Å². The molecule has 0 radical (unpaired) electrons. The van der Waals surface area contributed by atoms with Gasteiger partial charge in [-0.1, -0.05) is 13.0 Å². The van der Waals surface area contributed by atoms with Gasteiger partial charge < -0.3 is 34.3 Å². The lowest BCUT2D eigenvalue weighted by Crippen LogP contribution is -2.69. The number of aliphatic hydroxyl groups excluding tert-OH is 1. The number of carbonyl (C=O) groups excluding carboxylic acids is 1. The fraction of sp³-hybridized carbons (Fsp3) is 0.750. The summed E-state index contributed by atoms with van der Waals surface area (Å²) in [5.41, 5.74) is -1.09. The van der Waals surface area contributed by atoms with Gasteiger partial charge in [-0.3, -0.25) is 9.98 Å². The van der Waals surface area contributed by atoms with Crippen molar-refractivity contribution < 1.29 is 39.1 Å². The minimum Gasteiger partial charge on any atom is -0.458 e. The number of ether oxygens (including phenoxy) is 4. The average molecular weight is 639 g/mol. The van der Waals surface area contributed by atoms with E-state index in [1.807, 2.05) is 31.3 Å². The highest BCUT2D eigenvalue weighted by molar-refractivity contribution is 5.85. The molecule has 12 atom stereocenters. The number of fused-ring (bicyclic) bond motifs is 5. The smallest absolute Gasteiger partial charge is 0.331 e. The first kappa shape index (κ1) is 32.3. The molecule has 0 spiro atoms. The number of aliphatic imine (C=N–C) groups is 1. The zero-order valence-corrected chi connectivity index (χ0v) is 27.3. The molecule has 0 amide bonds. The summed E-state index contributed by atoms with van der Waals surface area (Å²) < 4.78 is 23.4. The number of methoxy groups -OCH3 is 1. The summed E-state index contributed by atoms with van der Waals surface area (Å²) in [6.45, 7) is 4.79. The lowest BCUT2D eigenvalue weighted by atomic mass is 9.41. The molecule has 0 unspecified atom stereocenters. The third-order valence-electron chi connectivity index (χ3n) is 13.2. The van der Waals surface area contributed by atoms with Crippen LogP contribution in [0.15, 0.2) is 41.0 Å². The van der Waals surface area contributed by atoms with Crippen molar-refractivity contribution >= 4 is 12.2 Å². The van der Waals surface area contributed by atoms with Crippen LogP contribution < -0.4 is 0 Å². The van der Waals surface area contributed by atoms with Crippen LogP contribution in [-0.4, -0.2) is 88.1 Å². The number of nitrogens with zero attached hydrogens (tertiary/aromatic N) is 2. The maximum absolute atomic E-state index is 12.8. The molecule has 1 aromatic rings. The van der Waals surface area contributed by atoms with Gasteiger partial charge in [0, 0.05) is 49.3 Å². The van der Waals surface area contributed by atoms with E-state index in [0.717, 1.165) is 37.0 Å². The Morgan fingerprint density at radius 1 is 1.11 bits per heavy atom. The van der Waals surface area contributed by atoms with Gasteiger partial charge in [0.1, 0.15) is 12.7 Å². The van der Waals surface area contributed by atoms with E-state index in [9.17, 15) is 20.1 Å². The van der Waals surface area contributed by atoms with Gasteiger partial charge in [0.25, 0.3) is 0 Å². The molecule has 3 heterocycles. The van der Waals surface area contributed by atoms with Crippen LogP contribution in [0.25, 0.3) is 0 Å². The Kier molecular flexibility index (Phi) is 8.46. The van der Waals surface area contributed by atoms with Crippen molar-refractivity contribution in [2.45, 2.75) is 127 Å². The molecular formula is C36H50N2O8. The molecule has 10 heteroatoms. The predicted molar refractivity (Wildman–Crippen MR) is 169 cm³/mol. The van der Waals surface area contributed by atoms with Crippen molar-refractivity contribution in [1.29, 1.82) is 0 Å². The van der Waals surface area contributed by atoms with E-state index < -0.39 is 35.1 Å². The quantitative estimate of drug-likeness (QED) is 0.231. The van der Waals surface area contributed by atoms with Crippen LogP contribution in [0.5, 0.6) is 0 Å². The molecule has 0 aromatic carbocycles. The van der Waals surface area contributed by atoms with Gasteiger partial charge in [0.15, 0.2) is 6.29 Å². The molecule has 10 nitrogen and oxygen atoms in total. The Morgan fingerprint density at radius 2 is 1.93 bits per heavy atom. The minimum atomic E-state index is -1.07. The van der Waals surface area contributed by atoms with Gasteiger partial charge in [-0.15, -0.1) is 0 Å². The summed E-state index contributed by atoms with van der Waals surface area (Å²) in [5.74, 6) is -0.128. The Morgan fingerprint density at radius 3 is 2.67 bits per heavy atom. The third-order valence-corrected chi connectivity index (χ3v) is 13.2. The fourth-order valence-corrected chi connectivity index (χ4v) is 10.8. The minimum absolute atomic E-state index is 0.000364. The number of aromatic nitrogens is 1. The zero-order chi connectivity index (χ0) is 32.3. The number of cyclic esters (lactones) is 1. The predicted octanol–water partition coefficient (Wildman–Crippen LogP) is 3.90. The first-order valence-corrected chi connectivity index (χ1v) is 17.3. The number of carbonyl (C=O) groups is 1. The highest BCUT2D eigenvalue weighted by atomic mass is 16.7. The van der Waals surface area contributed by atoms with Crippen molar-refractivity contribution in [3.05, 3.63) is 41.7 Å². The molecule has 4 saturated carbocycles. The first-order valence-electron chi connectivity index (χ1n) is 17.3. The van der Waals surface area contributed by atoms with Crippen molar-refractivity contribution in [1.82, 2.24) is 4.98 Å². The SMILES string of the molecule is CO[C@H]1C[C@H](O[C@@H]2CC[C@]3(C=NCc4ccccn4)[C@H]4CC[C@]5(C)[C@H](C6=CC(=O)OC6)CC[C@]5(O)[C@H]4CC[C@@]3(O)C2)O[C@H](C)[C@H]1O. The normalized spacial score (nSPS) is 47.2. The molecule has 7 rings (SSSR count). The van der Waals surface area contributed by atoms with E-state index in [1.165, 1.54) is 0 Å². The number of esters is 1. The molecular weight excluding hydrogens is 588 g/mol. The van der Waals surface area contributed by atoms with E-state index in [2.05, 4.69) is 11.9 Å². The molecule has 2 aliphatic heterocycles. The number of aliphatic hydroxyl groups is 3. The Bertz CT molecular complexity index is 1360. The summed E-state index contributed by atoms with van der Waals surface area (Å²) in [4.78, 5) is 21.4. The van der Waals surface area contributed by atoms with Gasteiger partial charge >= 0.3 is 5.97 Å². The summed E-state index contributed by atoms with van der Waals surface area (Å²) >= 11 is 0. The molecule has 6 aliphatic rings. The topological polar surface area (TPSA) is 140 Å². The van der Waals surface area contributed by atoms with Crippen molar-refractivity contribution in [3.63, 3.8) is 0 Å². The molecule has 0 bridgehead atoms. The lowest BCUT2D eigenvalue weighted by molar-refractivity contribution is -0.284. The van der Waals surface area contributed by atoms with Crippen LogP contribution in [0.2, 0.25) is 0 Å². The molecule has 5 fully saturated rings. The van der Waals surface area contributed by atoms with E-state index >= 15 is 0 Å². The molecule has 4 aliphatic carbocycles. The average Bonchev–Trinajstić information content (AvgIpc) is 3.58. The standard InChI is InChI=1S/C36H50N2O8/c1-22-32(40)29(43-3)17-31(45-22)46-25-7-12-34(21-37-19-24-6-4-5-15-38-24)27-8-11-33(2)26(23-16-30(39)44-20-23)10-14-36(33,42)28(27)9-13-35(34,41)18-25/h4-6,15-16,21-22,25-29,31-32,40-42H,7-14,17-20H2,1-3H3/t22-,25-,26+,27+,28+,29+,31+,32-,33-,34+,35-,36+/m1/s1. The number of rotatable bonds is 7. The summed E-state index contributed by atoms with van der Waals surface area (Å²) in [7, 11) is 1.59. The monoisotopic (exact) mass is 638 g/mol. The van der Waals surface area contributed by atoms with Crippen LogP contribution in [0, 0.1) is 28.6 Å². The second kappa shape index (κ2) is 12.0. The Hall–Kier alpha value is -2.21. The van der Waals surface area contributed by atoms with E-state index in [0.29, 0.717) is 51.7 Å². The van der Waals surface area contributed by atoms with E-state index in [-0.39, 0.29) is 41.3 Å². The summed E-state index contributed by atoms with van der Waals surface area (Å²) in [5, 5.41) is 36.0. The molecule has 252 valence electrons. The molecule has 1 saturated heterocycles. The van der Waals surface area contributed by atoms with Gasteiger partial charge in [-0.05, 0) is 93.7 Å². The molecule has 3 N–H and O–H groups in total. The number of hydrogen-bond acceptors (Lipinski definition) is 10. The van der Waals surface area contributed by atoms with Crippen LogP contribution in [0.3, 0.4) is 0 Å². The molecule has 1 aromatic heterocycles. The van der Waals surface area contributed by atoms with Crippen LogP contribution in [-0.2, 0) is 30.3 Å².